The zero-order valence-corrected chi connectivity index (χ0v) is 10.6. The Kier molecular flexibility index (Phi) is 4.87. The van der Waals surface area contributed by atoms with Crippen molar-refractivity contribution in [2.75, 3.05) is 26.4 Å². The number of halogens is 1. The lowest BCUT2D eigenvalue weighted by Crippen LogP contribution is -2.35. The van der Waals surface area contributed by atoms with Gasteiger partial charge >= 0.3 is 0 Å². The van der Waals surface area contributed by atoms with Crippen molar-refractivity contribution < 1.29 is 19.0 Å². The van der Waals surface area contributed by atoms with Gasteiger partial charge in [-0.25, -0.2) is 4.39 Å². The molecule has 1 aliphatic heterocycles. The van der Waals surface area contributed by atoms with Crippen molar-refractivity contribution in [1.82, 2.24) is 5.32 Å². The van der Waals surface area contributed by atoms with Gasteiger partial charge in [0.25, 0.3) is 0 Å². The van der Waals surface area contributed by atoms with Crippen LogP contribution in [0.3, 0.4) is 0 Å². The van der Waals surface area contributed by atoms with Crippen molar-refractivity contribution in [3.63, 3.8) is 0 Å². The van der Waals surface area contributed by atoms with Crippen molar-refractivity contribution in [3.05, 3.63) is 35.6 Å². The Morgan fingerprint density at radius 1 is 1.47 bits per heavy atom. The summed E-state index contributed by atoms with van der Waals surface area (Å²) in [6.45, 7) is 1.66. The lowest BCUT2D eigenvalue weighted by molar-refractivity contribution is -0.123. The zero-order valence-electron chi connectivity index (χ0n) is 10.6. The highest BCUT2D eigenvalue weighted by atomic mass is 19.1. The van der Waals surface area contributed by atoms with E-state index in [1.54, 1.807) is 0 Å². The summed E-state index contributed by atoms with van der Waals surface area (Å²) in [6, 6.07) is 5.62. The largest absolute Gasteiger partial charge is 0.395 e. The average molecular weight is 267 g/mol. The lowest BCUT2D eigenvalue weighted by Gasteiger charge is -2.16. The molecular formula is C14H18FNO3. The third kappa shape index (κ3) is 3.75. The Morgan fingerprint density at radius 2 is 2.21 bits per heavy atom. The number of carbonyl (C=O) groups is 1. The molecule has 0 unspecified atom stereocenters. The summed E-state index contributed by atoms with van der Waals surface area (Å²) in [5.41, 5.74) is 0.615. The SMILES string of the molecule is O=C(NC[C@@H]1CCOC1)[C@H](CO)c1ccc(F)cc1. The van der Waals surface area contributed by atoms with Crippen LogP contribution in [-0.4, -0.2) is 37.4 Å². The normalized spacial score (nSPS) is 20.2. The van der Waals surface area contributed by atoms with E-state index in [-0.39, 0.29) is 18.3 Å². The fourth-order valence-corrected chi connectivity index (χ4v) is 2.15. The van der Waals surface area contributed by atoms with Crippen molar-refractivity contribution in [2.45, 2.75) is 12.3 Å². The van der Waals surface area contributed by atoms with Crippen LogP contribution in [0.15, 0.2) is 24.3 Å². The number of carbonyl (C=O) groups excluding carboxylic acids is 1. The van der Waals surface area contributed by atoms with E-state index in [9.17, 15) is 14.3 Å². The smallest absolute Gasteiger partial charge is 0.229 e. The molecule has 5 heteroatoms. The molecule has 1 amide bonds. The summed E-state index contributed by atoms with van der Waals surface area (Å²) in [5, 5.41) is 12.1. The molecule has 1 aliphatic rings. The predicted octanol–water partition coefficient (Wildman–Crippen LogP) is 1.05. The van der Waals surface area contributed by atoms with E-state index in [0.717, 1.165) is 13.0 Å². The summed E-state index contributed by atoms with van der Waals surface area (Å²) >= 11 is 0. The van der Waals surface area contributed by atoms with Gasteiger partial charge in [-0.3, -0.25) is 4.79 Å². The van der Waals surface area contributed by atoms with Crippen molar-refractivity contribution >= 4 is 5.91 Å². The minimum atomic E-state index is -0.650. The maximum atomic E-state index is 12.8. The molecule has 1 aromatic carbocycles. The van der Waals surface area contributed by atoms with Crippen LogP contribution in [0.25, 0.3) is 0 Å². The second-order valence-electron chi connectivity index (χ2n) is 4.76. The summed E-state index contributed by atoms with van der Waals surface area (Å²) in [6.07, 6.45) is 0.945. The van der Waals surface area contributed by atoms with Crippen LogP contribution >= 0.6 is 0 Å². The monoisotopic (exact) mass is 267 g/mol. The second kappa shape index (κ2) is 6.63. The number of hydrogen-bond acceptors (Lipinski definition) is 3. The van der Waals surface area contributed by atoms with Crippen LogP contribution in [0.1, 0.15) is 17.9 Å². The van der Waals surface area contributed by atoms with Crippen LogP contribution in [0.4, 0.5) is 4.39 Å². The molecule has 104 valence electrons. The first-order chi connectivity index (χ1) is 9.20. The van der Waals surface area contributed by atoms with Gasteiger partial charge in [-0.15, -0.1) is 0 Å². The van der Waals surface area contributed by atoms with Gasteiger partial charge in [-0.1, -0.05) is 12.1 Å². The number of rotatable bonds is 5. The summed E-state index contributed by atoms with van der Waals surface area (Å²) in [7, 11) is 0. The molecule has 0 aromatic heterocycles. The maximum absolute atomic E-state index is 12.8. The van der Waals surface area contributed by atoms with Gasteiger partial charge in [-0.2, -0.15) is 0 Å². The molecule has 0 saturated carbocycles. The molecule has 1 fully saturated rings. The molecule has 0 aliphatic carbocycles. The van der Waals surface area contributed by atoms with Crippen LogP contribution in [-0.2, 0) is 9.53 Å². The highest BCUT2D eigenvalue weighted by Crippen LogP contribution is 2.17. The van der Waals surface area contributed by atoms with Crippen LogP contribution in [0, 0.1) is 11.7 Å². The Bertz CT molecular complexity index is 415. The molecule has 2 N–H and O–H groups in total. The molecule has 0 bridgehead atoms. The highest BCUT2D eigenvalue weighted by molar-refractivity contribution is 5.83. The molecule has 19 heavy (non-hydrogen) atoms. The van der Waals surface area contributed by atoms with Gasteiger partial charge in [0.2, 0.25) is 5.91 Å². The van der Waals surface area contributed by atoms with E-state index in [0.29, 0.717) is 24.6 Å². The van der Waals surface area contributed by atoms with E-state index in [1.807, 2.05) is 0 Å². The first-order valence-corrected chi connectivity index (χ1v) is 6.42. The molecule has 1 aromatic rings. The fraction of sp³-hybridized carbons (Fsp3) is 0.500. The number of benzene rings is 1. The van der Waals surface area contributed by atoms with E-state index in [2.05, 4.69) is 5.32 Å². The molecule has 4 nitrogen and oxygen atoms in total. The van der Waals surface area contributed by atoms with Gasteiger partial charge in [0, 0.05) is 19.1 Å². The van der Waals surface area contributed by atoms with Crippen LogP contribution < -0.4 is 5.32 Å². The van der Waals surface area contributed by atoms with Crippen molar-refractivity contribution in [3.8, 4) is 0 Å². The van der Waals surface area contributed by atoms with Gasteiger partial charge in [-0.05, 0) is 24.1 Å². The number of aliphatic hydroxyl groups excluding tert-OH is 1. The Hall–Kier alpha value is -1.46. The number of nitrogens with one attached hydrogen (secondary N) is 1. The zero-order chi connectivity index (χ0) is 13.7. The van der Waals surface area contributed by atoms with Gasteiger partial charge in [0.15, 0.2) is 0 Å². The lowest BCUT2D eigenvalue weighted by atomic mass is 9.98. The van der Waals surface area contributed by atoms with Crippen LogP contribution in [0.5, 0.6) is 0 Å². The van der Waals surface area contributed by atoms with Gasteiger partial charge in [0.05, 0.1) is 19.1 Å². The van der Waals surface area contributed by atoms with Crippen LogP contribution in [0.2, 0.25) is 0 Å². The van der Waals surface area contributed by atoms with Gasteiger partial charge < -0.3 is 15.2 Å². The van der Waals surface area contributed by atoms with E-state index in [4.69, 9.17) is 4.74 Å². The van der Waals surface area contributed by atoms with Crippen molar-refractivity contribution in [1.29, 1.82) is 0 Å². The minimum Gasteiger partial charge on any atom is -0.395 e. The van der Waals surface area contributed by atoms with E-state index >= 15 is 0 Å². The molecule has 1 heterocycles. The molecule has 2 rings (SSSR count). The fourth-order valence-electron chi connectivity index (χ4n) is 2.15. The van der Waals surface area contributed by atoms with E-state index in [1.165, 1.54) is 24.3 Å². The number of amides is 1. The number of aliphatic hydroxyl groups is 1. The standard InChI is InChI=1S/C14H18FNO3/c15-12-3-1-11(2-4-12)13(8-17)14(18)16-7-10-5-6-19-9-10/h1-4,10,13,17H,5-9H2,(H,16,18)/t10-,13+/m0/s1. The Balaban J connectivity index is 1.92. The van der Waals surface area contributed by atoms with Gasteiger partial charge in [0.1, 0.15) is 5.82 Å². The van der Waals surface area contributed by atoms with Crippen molar-refractivity contribution in [2.24, 2.45) is 5.92 Å². The first kappa shape index (κ1) is 14.0. The molecule has 0 spiro atoms. The number of ether oxygens (including phenoxy) is 1. The maximum Gasteiger partial charge on any atom is 0.229 e. The third-order valence-electron chi connectivity index (χ3n) is 3.36. The summed E-state index contributed by atoms with van der Waals surface area (Å²) in [5.74, 6) is -0.899. The topological polar surface area (TPSA) is 58.6 Å². The minimum absolute atomic E-state index is 0.235. The third-order valence-corrected chi connectivity index (χ3v) is 3.36. The van der Waals surface area contributed by atoms with E-state index < -0.39 is 5.92 Å². The molecule has 2 atom stereocenters. The molecule has 1 saturated heterocycles. The summed E-state index contributed by atoms with van der Waals surface area (Å²) < 4.78 is 18.1. The second-order valence-corrected chi connectivity index (χ2v) is 4.76. The molecule has 0 radical (unpaired) electrons. The summed E-state index contributed by atoms with van der Waals surface area (Å²) in [4.78, 5) is 12.0. The Labute approximate surface area is 111 Å². The highest BCUT2D eigenvalue weighted by Gasteiger charge is 2.22. The average Bonchev–Trinajstić information content (AvgIpc) is 2.92. The molecular weight excluding hydrogens is 249 g/mol. The predicted molar refractivity (Wildman–Crippen MR) is 68.2 cm³/mol. The number of hydrogen-bond donors (Lipinski definition) is 2. The Morgan fingerprint density at radius 3 is 2.79 bits per heavy atom. The first-order valence-electron chi connectivity index (χ1n) is 6.42. The quantitative estimate of drug-likeness (QED) is 0.838.